The largest absolute Gasteiger partial charge is 0.488 e. The van der Waals surface area contributed by atoms with Crippen molar-refractivity contribution in [3.63, 3.8) is 0 Å². The average molecular weight is 602 g/mol. The van der Waals surface area contributed by atoms with Gasteiger partial charge in [0.05, 0.1) is 34.5 Å². The van der Waals surface area contributed by atoms with Gasteiger partial charge in [0, 0.05) is 25.2 Å². The van der Waals surface area contributed by atoms with Gasteiger partial charge in [0.1, 0.15) is 11.9 Å². The number of anilines is 1. The molecule has 0 unspecified atom stereocenters. The van der Waals surface area contributed by atoms with E-state index in [1.807, 2.05) is 13.8 Å². The zero-order valence-corrected chi connectivity index (χ0v) is 25.0. The van der Waals surface area contributed by atoms with E-state index in [1.165, 1.54) is 58.7 Å². The second-order valence-electron chi connectivity index (χ2n) is 10.4. The third kappa shape index (κ3) is 6.72. The number of hydrogen-bond acceptors (Lipinski definition) is 7. The molecule has 0 bridgehead atoms. The van der Waals surface area contributed by atoms with Gasteiger partial charge in [-0.15, -0.1) is 0 Å². The van der Waals surface area contributed by atoms with Crippen molar-refractivity contribution in [2.45, 2.75) is 42.7 Å². The van der Waals surface area contributed by atoms with Gasteiger partial charge in [-0.25, -0.2) is 16.8 Å². The maximum atomic E-state index is 13.7. The standard InChI is InChI=1S/C29H35N3O7S2/c1-20-10-13-24(14-11-20)40(35,36)30-23-12-15-27-26(16-23)29(34)32(22(3)19-33)17-21(2)28(39-27)18-31(4)41(37,38)25-8-6-5-7-9-25/h5-16,21-22,28,30,33H,17-19H2,1-4H3/t21-,22+,28-/m0/s1. The van der Waals surface area contributed by atoms with Crippen LogP contribution in [0, 0.1) is 12.8 Å². The number of carbonyl (C=O) groups excluding carboxylic acids is 1. The smallest absolute Gasteiger partial charge is 0.261 e. The van der Waals surface area contributed by atoms with Crippen LogP contribution >= 0.6 is 0 Å². The molecular formula is C29H35N3O7S2. The van der Waals surface area contributed by atoms with E-state index in [-0.39, 0.29) is 52.4 Å². The molecule has 0 saturated heterocycles. The minimum absolute atomic E-state index is 0.00479. The van der Waals surface area contributed by atoms with Crippen molar-refractivity contribution >= 4 is 31.6 Å². The molecule has 3 aromatic carbocycles. The Morgan fingerprint density at radius 1 is 1.02 bits per heavy atom. The number of aryl methyl sites for hydroxylation is 1. The fraction of sp³-hybridized carbons (Fsp3) is 0.345. The Balaban J connectivity index is 1.68. The van der Waals surface area contributed by atoms with Crippen molar-refractivity contribution in [3.05, 3.63) is 83.9 Å². The number of nitrogens with zero attached hydrogens (tertiary/aromatic N) is 2. The number of sulfonamides is 2. The van der Waals surface area contributed by atoms with Gasteiger partial charge in [0.15, 0.2) is 0 Å². The van der Waals surface area contributed by atoms with E-state index in [0.717, 1.165) is 5.56 Å². The number of fused-ring (bicyclic) bond motifs is 1. The molecule has 0 aromatic heterocycles. The minimum atomic E-state index is -3.93. The molecule has 1 amide bonds. The number of aliphatic hydroxyl groups is 1. The Kier molecular flexibility index (Phi) is 9.07. The minimum Gasteiger partial charge on any atom is -0.488 e. The number of carbonyl (C=O) groups is 1. The summed E-state index contributed by atoms with van der Waals surface area (Å²) < 4.78 is 62.4. The Bertz CT molecular complexity index is 1600. The van der Waals surface area contributed by atoms with Crippen molar-refractivity contribution in [3.8, 4) is 5.75 Å². The van der Waals surface area contributed by atoms with Crippen LogP contribution in [-0.4, -0.2) is 75.9 Å². The van der Waals surface area contributed by atoms with Crippen LogP contribution in [0.25, 0.3) is 0 Å². The number of rotatable bonds is 9. The maximum Gasteiger partial charge on any atom is 0.261 e. The highest BCUT2D eigenvalue weighted by Gasteiger charge is 2.35. The molecule has 1 aliphatic rings. The summed E-state index contributed by atoms with van der Waals surface area (Å²) in [5.74, 6) is -0.562. The molecule has 0 saturated carbocycles. The first kappa shape index (κ1) is 30.5. The summed E-state index contributed by atoms with van der Waals surface area (Å²) in [6.45, 7) is 5.30. The molecule has 2 N–H and O–H groups in total. The van der Waals surface area contributed by atoms with Gasteiger partial charge in [-0.2, -0.15) is 4.31 Å². The van der Waals surface area contributed by atoms with E-state index < -0.39 is 38.1 Å². The van der Waals surface area contributed by atoms with Crippen LogP contribution in [0.4, 0.5) is 5.69 Å². The van der Waals surface area contributed by atoms with Crippen LogP contribution in [0.1, 0.15) is 29.8 Å². The maximum absolute atomic E-state index is 13.7. The number of nitrogens with one attached hydrogen (secondary N) is 1. The summed E-state index contributed by atoms with van der Waals surface area (Å²) in [4.78, 5) is 15.4. The first-order valence-corrected chi connectivity index (χ1v) is 16.1. The first-order chi connectivity index (χ1) is 19.3. The molecule has 1 heterocycles. The fourth-order valence-electron chi connectivity index (χ4n) is 4.56. The van der Waals surface area contributed by atoms with Gasteiger partial charge < -0.3 is 14.7 Å². The second-order valence-corrected chi connectivity index (χ2v) is 14.1. The summed E-state index contributed by atoms with van der Waals surface area (Å²) in [6.07, 6.45) is -0.658. The highest BCUT2D eigenvalue weighted by atomic mass is 32.2. The Hall–Kier alpha value is -3.45. The highest BCUT2D eigenvalue weighted by molar-refractivity contribution is 7.92. The van der Waals surface area contributed by atoms with Gasteiger partial charge in [-0.3, -0.25) is 9.52 Å². The number of benzene rings is 3. The molecule has 0 radical (unpaired) electrons. The van der Waals surface area contributed by atoms with Crippen LogP contribution in [0.3, 0.4) is 0 Å². The molecule has 4 rings (SSSR count). The number of ether oxygens (including phenoxy) is 1. The van der Waals surface area contributed by atoms with Crippen molar-refractivity contribution in [1.82, 2.24) is 9.21 Å². The van der Waals surface area contributed by atoms with E-state index in [0.29, 0.717) is 0 Å². The number of hydrogen-bond donors (Lipinski definition) is 2. The Labute approximate surface area is 241 Å². The third-order valence-corrected chi connectivity index (χ3v) is 10.4. The third-order valence-electron chi connectivity index (χ3n) is 7.14. The van der Waals surface area contributed by atoms with Gasteiger partial charge in [0.25, 0.3) is 15.9 Å². The molecule has 41 heavy (non-hydrogen) atoms. The molecule has 0 fully saturated rings. The van der Waals surface area contributed by atoms with Crippen LogP contribution in [0.2, 0.25) is 0 Å². The summed E-state index contributed by atoms with van der Waals surface area (Å²) in [5, 5.41) is 9.89. The molecule has 3 aromatic rings. The highest BCUT2D eigenvalue weighted by Crippen LogP contribution is 2.32. The first-order valence-electron chi connectivity index (χ1n) is 13.2. The van der Waals surface area contributed by atoms with E-state index >= 15 is 0 Å². The van der Waals surface area contributed by atoms with Crippen molar-refractivity contribution < 1.29 is 31.5 Å². The molecule has 10 nitrogen and oxygen atoms in total. The van der Waals surface area contributed by atoms with Gasteiger partial charge in [-0.05, 0) is 56.3 Å². The predicted molar refractivity (Wildman–Crippen MR) is 156 cm³/mol. The predicted octanol–water partition coefficient (Wildman–Crippen LogP) is 3.34. The summed E-state index contributed by atoms with van der Waals surface area (Å²) in [6, 6.07) is 18.3. The number of amides is 1. The van der Waals surface area contributed by atoms with E-state index in [4.69, 9.17) is 4.74 Å². The normalized spacial score (nSPS) is 18.7. The lowest BCUT2D eigenvalue weighted by atomic mass is 9.99. The number of aliphatic hydroxyl groups excluding tert-OH is 1. The lowest BCUT2D eigenvalue weighted by molar-refractivity contribution is 0.0387. The summed E-state index contributed by atoms with van der Waals surface area (Å²) in [5.41, 5.74) is 1.17. The zero-order chi connectivity index (χ0) is 29.9. The molecule has 0 spiro atoms. The molecule has 3 atom stereocenters. The van der Waals surface area contributed by atoms with Gasteiger partial charge in [-0.1, -0.05) is 42.8 Å². The van der Waals surface area contributed by atoms with E-state index in [1.54, 1.807) is 37.3 Å². The van der Waals surface area contributed by atoms with Crippen LogP contribution in [0.5, 0.6) is 5.75 Å². The number of likely N-dealkylation sites (N-methyl/N-ethyl adjacent to an activating group) is 1. The summed E-state index contributed by atoms with van der Waals surface area (Å²) in [7, 11) is -6.27. The van der Waals surface area contributed by atoms with Crippen LogP contribution in [-0.2, 0) is 20.0 Å². The van der Waals surface area contributed by atoms with Crippen LogP contribution in [0.15, 0.2) is 82.6 Å². The lowest BCUT2D eigenvalue weighted by Crippen LogP contribution is -2.50. The van der Waals surface area contributed by atoms with Gasteiger partial charge in [0.2, 0.25) is 10.0 Å². The lowest BCUT2D eigenvalue weighted by Gasteiger charge is -2.38. The van der Waals surface area contributed by atoms with E-state index in [9.17, 15) is 26.7 Å². The molecule has 1 aliphatic heterocycles. The topological polar surface area (TPSA) is 133 Å². The van der Waals surface area contributed by atoms with E-state index in [2.05, 4.69) is 4.72 Å². The molecular weight excluding hydrogens is 566 g/mol. The van der Waals surface area contributed by atoms with Crippen molar-refractivity contribution in [1.29, 1.82) is 0 Å². The molecule has 12 heteroatoms. The molecule has 0 aliphatic carbocycles. The summed E-state index contributed by atoms with van der Waals surface area (Å²) >= 11 is 0. The Morgan fingerprint density at radius 3 is 2.32 bits per heavy atom. The Morgan fingerprint density at radius 2 is 1.68 bits per heavy atom. The fourth-order valence-corrected chi connectivity index (χ4v) is 6.81. The molecule has 220 valence electrons. The van der Waals surface area contributed by atoms with Crippen LogP contribution < -0.4 is 9.46 Å². The SMILES string of the molecule is Cc1ccc(S(=O)(=O)Nc2ccc3c(c2)C(=O)N([C@H](C)CO)C[C@H](C)[C@H](CN(C)S(=O)(=O)c2ccccc2)O3)cc1. The average Bonchev–Trinajstić information content (AvgIpc) is 2.95. The van der Waals surface area contributed by atoms with Crippen molar-refractivity contribution in [2.75, 3.05) is 31.5 Å². The monoisotopic (exact) mass is 601 g/mol. The quantitative estimate of drug-likeness (QED) is 0.384. The zero-order valence-electron chi connectivity index (χ0n) is 23.4. The second kappa shape index (κ2) is 12.2. The van der Waals surface area contributed by atoms with Crippen molar-refractivity contribution in [2.24, 2.45) is 5.92 Å². The van der Waals surface area contributed by atoms with Gasteiger partial charge >= 0.3 is 0 Å².